The molecule has 1 atom stereocenters. The second-order valence-corrected chi connectivity index (χ2v) is 5.82. The van der Waals surface area contributed by atoms with Gasteiger partial charge in [0.25, 0.3) is 0 Å². The van der Waals surface area contributed by atoms with Gasteiger partial charge < -0.3 is 14.6 Å². The summed E-state index contributed by atoms with van der Waals surface area (Å²) in [7, 11) is 1.62. The Bertz CT molecular complexity index is 847. The topological polar surface area (TPSA) is 90.1 Å². The SMILES string of the molecule is COc1ccc([C@@H](C)NC(=O)CCc2nc(-c3cccnc3)no2)cc1. The van der Waals surface area contributed by atoms with E-state index in [0.717, 1.165) is 16.9 Å². The summed E-state index contributed by atoms with van der Waals surface area (Å²) < 4.78 is 10.3. The molecule has 1 amide bonds. The van der Waals surface area contributed by atoms with Crippen molar-refractivity contribution in [1.82, 2.24) is 20.4 Å². The highest BCUT2D eigenvalue weighted by molar-refractivity contribution is 5.76. The maximum absolute atomic E-state index is 12.2. The fraction of sp³-hybridized carbons (Fsp3) is 0.263. The normalized spacial score (nSPS) is 11.8. The van der Waals surface area contributed by atoms with Crippen LogP contribution in [0.15, 0.2) is 53.3 Å². The quantitative estimate of drug-likeness (QED) is 0.703. The molecule has 0 aliphatic heterocycles. The monoisotopic (exact) mass is 352 g/mol. The van der Waals surface area contributed by atoms with E-state index in [4.69, 9.17) is 9.26 Å². The van der Waals surface area contributed by atoms with Gasteiger partial charge in [-0.25, -0.2) is 0 Å². The van der Waals surface area contributed by atoms with Crippen LogP contribution in [0.3, 0.4) is 0 Å². The van der Waals surface area contributed by atoms with Gasteiger partial charge in [-0.1, -0.05) is 17.3 Å². The summed E-state index contributed by atoms with van der Waals surface area (Å²) in [5.41, 5.74) is 1.79. The molecule has 26 heavy (non-hydrogen) atoms. The Morgan fingerprint density at radius 1 is 1.27 bits per heavy atom. The number of hydrogen-bond acceptors (Lipinski definition) is 6. The van der Waals surface area contributed by atoms with Crippen molar-refractivity contribution in [2.75, 3.05) is 7.11 Å². The van der Waals surface area contributed by atoms with Crippen LogP contribution in [0, 0.1) is 0 Å². The van der Waals surface area contributed by atoms with E-state index in [9.17, 15) is 4.79 Å². The standard InChI is InChI=1S/C19H20N4O3/c1-13(14-5-7-16(25-2)8-6-14)21-17(24)9-10-18-22-19(23-26-18)15-4-3-11-20-12-15/h3-8,11-13H,9-10H2,1-2H3,(H,21,24)/t13-/m1/s1. The minimum absolute atomic E-state index is 0.0746. The number of rotatable bonds is 7. The van der Waals surface area contributed by atoms with Crippen molar-refractivity contribution in [2.24, 2.45) is 0 Å². The van der Waals surface area contributed by atoms with Gasteiger partial charge in [0.2, 0.25) is 17.6 Å². The molecule has 3 aromatic rings. The van der Waals surface area contributed by atoms with Crippen LogP contribution in [0.5, 0.6) is 5.75 Å². The lowest BCUT2D eigenvalue weighted by Crippen LogP contribution is -2.26. The molecule has 7 nitrogen and oxygen atoms in total. The molecule has 0 aliphatic carbocycles. The molecule has 1 aromatic carbocycles. The number of methoxy groups -OCH3 is 1. The van der Waals surface area contributed by atoms with E-state index in [-0.39, 0.29) is 18.4 Å². The van der Waals surface area contributed by atoms with E-state index in [2.05, 4.69) is 20.4 Å². The Balaban J connectivity index is 1.51. The average molecular weight is 352 g/mol. The number of aryl methyl sites for hydroxylation is 1. The predicted octanol–water partition coefficient (Wildman–Crippen LogP) is 2.95. The lowest BCUT2D eigenvalue weighted by molar-refractivity contribution is -0.121. The van der Waals surface area contributed by atoms with Crippen molar-refractivity contribution in [3.63, 3.8) is 0 Å². The Labute approximate surface area is 151 Å². The summed E-state index contributed by atoms with van der Waals surface area (Å²) in [6.45, 7) is 1.94. The molecule has 134 valence electrons. The van der Waals surface area contributed by atoms with Crippen LogP contribution in [0.4, 0.5) is 0 Å². The maximum atomic E-state index is 12.2. The second kappa shape index (κ2) is 8.24. The van der Waals surface area contributed by atoms with Crippen LogP contribution in [0.2, 0.25) is 0 Å². The molecule has 0 spiro atoms. The number of benzene rings is 1. The van der Waals surface area contributed by atoms with Crippen LogP contribution in [-0.4, -0.2) is 28.1 Å². The van der Waals surface area contributed by atoms with Crippen molar-refractivity contribution in [1.29, 1.82) is 0 Å². The highest BCUT2D eigenvalue weighted by Crippen LogP contribution is 2.18. The van der Waals surface area contributed by atoms with Gasteiger partial charge in [-0.3, -0.25) is 9.78 Å². The summed E-state index contributed by atoms with van der Waals surface area (Å²) in [6, 6.07) is 11.2. The van der Waals surface area contributed by atoms with Crippen molar-refractivity contribution < 1.29 is 14.1 Å². The van der Waals surface area contributed by atoms with Crippen molar-refractivity contribution in [3.05, 3.63) is 60.2 Å². The number of ether oxygens (including phenoxy) is 1. The number of carbonyl (C=O) groups is 1. The second-order valence-electron chi connectivity index (χ2n) is 5.82. The van der Waals surface area contributed by atoms with Gasteiger partial charge in [-0.15, -0.1) is 0 Å². The first-order valence-corrected chi connectivity index (χ1v) is 8.32. The summed E-state index contributed by atoms with van der Waals surface area (Å²) >= 11 is 0. The fourth-order valence-electron chi connectivity index (χ4n) is 2.48. The van der Waals surface area contributed by atoms with Gasteiger partial charge in [-0.05, 0) is 36.8 Å². The van der Waals surface area contributed by atoms with Crippen molar-refractivity contribution >= 4 is 5.91 Å². The molecule has 0 saturated carbocycles. The Hall–Kier alpha value is -3.22. The van der Waals surface area contributed by atoms with Crippen LogP contribution in [0.1, 0.15) is 30.8 Å². The summed E-state index contributed by atoms with van der Waals surface area (Å²) in [5.74, 6) is 1.61. The van der Waals surface area contributed by atoms with Gasteiger partial charge in [0.15, 0.2) is 0 Å². The lowest BCUT2D eigenvalue weighted by atomic mass is 10.1. The first-order valence-electron chi connectivity index (χ1n) is 8.32. The predicted molar refractivity (Wildman–Crippen MR) is 95.4 cm³/mol. The third kappa shape index (κ3) is 4.44. The smallest absolute Gasteiger partial charge is 0.227 e. The lowest BCUT2D eigenvalue weighted by Gasteiger charge is -2.14. The number of aromatic nitrogens is 3. The number of nitrogens with zero attached hydrogens (tertiary/aromatic N) is 3. The van der Waals surface area contributed by atoms with E-state index in [1.807, 2.05) is 37.3 Å². The maximum Gasteiger partial charge on any atom is 0.227 e. The summed E-state index contributed by atoms with van der Waals surface area (Å²) in [4.78, 5) is 20.5. The molecule has 2 heterocycles. The zero-order valence-electron chi connectivity index (χ0n) is 14.7. The van der Waals surface area contributed by atoms with Crippen LogP contribution in [-0.2, 0) is 11.2 Å². The van der Waals surface area contributed by atoms with Crippen LogP contribution >= 0.6 is 0 Å². The molecule has 0 bridgehead atoms. The van der Waals surface area contributed by atoms with Gasteiger partial charge in [0.05, 0.1) is 13.2 Å². The number of pyridine rings is 1. The first-order chi connectivity index (χ1) is 12.7. The summed E-state index contributed by atoms with van der Waals surface area (Å²) in [5, 5.41) is 6.88. The number of nitrogens with one attached hydrogen (secondary N) is 1. The Morgan fingerprint density at radius 2 is 2.08 bits per heavy atom. The van der Waals surface area contributed by atoms with E-state index >= 15 is 0 Å². The fourth-order valence-corrected chi connectivity index (χ4v) is 2.48. The highest BCUT2D eigenvalue weighted by Gasteiger charge is 2.13. The minimum Gasteiger partial charge on any atom is -0.497 e. The Morgan fingerprint density at radius 3 is 2.77 bits per heavy atom. The zero-order valence-corrected chi connectivity index (χ0v) is 14.7. The molecule has 0 saturated heterocycles. The van der Waals surface area contributed by atoms with Gasteiger partial charge >= 0.3 is 0 Å². The number of carbonyl (C=O) groups excluding carboxylic acids is 1. The zero-order chi connectivity index (χ0) is 18.4. The van der Waals surface area contributed by atoms with E-state index in [1.54, 1.807) is 25.6 Å². The number of amides is 1. The van der Waals surface area contributed by atoms with Crippen LogP contribution < -0.4 is 10.1 Å². The Kier molecular flexibility index (Phi) is 5.58. The van der Waals surface area contributed by atoms with Gasteiger partial charge in [-0.2, -0.15) is 4.98 Å². The molecular weight excluding hydrogens is 332 g/mol. The molecule has 0 fully saturated rings. The molecular formula is C19H20N4O3. The molecule has 0 aliphatic rings. The highest BCUT2D eigenvalue weighted by atomic mass is 16.5. The third-order valence-corrected chi connectivity index (χ3v) is 3.95. The minimum atomic E-state index is -0.0953. The summed E-state index contributed by atoms with van der Waals surface area (Å²) in [6.07, 6.45) is 4.00. The van der Waals surface area contributed by atoms with E-state index in [1.165, 1.54) is 0 Å². The van der Waals surface area contributed by atoms with Crippen molar-refractivity contribution in [3.8, 4) is 17.1 Å². The van der Waals surface area contributed by atoms with E-state index < -0.39 is 0 Å². The van der Waals surface area contributed by atoms with E-state index in [0.29, 0.717) is 18.1 Å². The molecule has 2 aromatic heterocycles. The first kappa shape index (κ1) is 17.6. The largest absolute Gasteiger partial charge is 0.497 e. The third-order valence-electron chi connectivity index (χ3n) is 3.95. The van der Waals surface area contributed by atoms with Crippen molar-refractivity contribution in [2.45, 2.75) is 25.8 Å². The molecule has 7 heteroatoms. The van der Waals surface area contributed by atoms with Crippen LogP contribution in [0.25, 0.3) is 11.4 Å². The van der Waals surface area contributed by atoms with Gasteiger partial charge in [0, 0.05) is 30.8 Å². The average Bonchev–Trinajstić information content (AvgIpc) is 3.16. The molecule has 0 radical (unpaired) electrons. The molecule has 0 unspecified atom stereocenters. The number of hydrogen-bond donors (Lipinski definition) is 1. The molecule has 3 rings (SSSR count). The van der Waals surface area contributed by atoms with Gasteiger partial charge in [0.1, 0.15) is 5.75 Å². The molecule has 1 N–H and O–H groups in total.